The summed E-state index contributed by atoms with van der Waals surface area (Å²) in [5, 5.41) is 0. The Labute approximate surface area is 105 Å². The lowest BCUT2D eigenvalue weighted by molar-refractivity contribution is 0.0784. The minimum Gasteiger partial charge on any atom is -0.290 e. The summed E-state index contributed by atoms with van der Waals surface area (Å²) in [5.74, 6) is -0.243. The van der Waals surface area contributed by atoms with Gasteiger partial charge in [-0.25, -0.2) is 9.38 Å². The van der Waals surface area contributed by atoms with Crippen LogP contribution in [0.25, 0.3) is 0 Å². The maximum atomic E-state index is 13.8. The van der Waals surface area contributed by atoms with Crippen LogP contribution in [0.4, 0.5) is 4.39 Å². The van der Waals surface area contributed by atoms with Gasteiger partial charge < -0.3 is 0 Å². The van der Waals surface area contributed by atoms with Gasteiger partial charge in [0, 0.05) is 24.7 Å². The Balaban J connectivity index is 1.98. The molecule has 0 unspecified atom stereocenters. The molecule has 18 heavy (non-hydrogen) atoms. The molecule has 0 aromatic heterocycles. The van der Waals surface area contributed by atoms with Crippen LogP contribution in [0.5, 0.6) is 0 Å². The fraction of sp³-hybridized carbons (Fsp3) is 0.286. The van der Waals surface area contributed by atoms with Crippen LogP contribution in [0.15, 0.2) is 40.9 Å². The summed E-state index contributed by atoms with van der Waals surface area (Å²) in [6, 6.07) is 7.48. The maximum Gasteiger partial charge on any atom is 0.259 e. The third kappa shape index (κ3) is 1.74. The number of carbonyl (C=O) groups excluding carboxylic acids is 1. The zero-order valence-corrected chi connectivity index (χ0v) is 9.90. The minimum absolute atomic E-state index is 0.152. The van der Waals surface area contributed by atoms with E-state index in [1.807, 2.05) is 18.2 Å². The highest BCUT2D eigenvalue weighted by atomic mass is 19.1. The Bertz CT molecular complexity index is 563. The van der Waals surface area contributed by atoms with Crippen LogP contribution < -0.4 is 0 Å². The van der Waals surface area contributed by atoms with E-state index in [2.05, 4.69) is 4.99 Å². The topological polar surface area (TPSA) is 32.7 Å². The van der Waals surface area contributed by atoms with Crippen molar-refractivity contribution in [3.05, 3.63) is 47.0 Å². The molecule has 2 aliphatic heterocycles. The molecule has 0 atom stereocenters. The van der Waals surface area contributed by atoms with E-state index in [1.165, 1.54) is 4.90 Å². The first-order valence-corrected chi connectivity index (χ1v) is 6.08. The molecule has 1 amide bonds. The summed E-state index contributed by atoms with van der Waals surface area (Å²) in [6.07, 6.45) is 3.36. The van der Waals surface area contributed by atoms with Crippen molar-refractivity contribution < 1.29 is 9.18 Å². The maximum absolute atomic E-state index is 13.8. The molecule has 1 aromatic carbocycles. The Hall–Kier alpha value is -1.97. The van der Waals surface area contributed by atoms with E-state index in [-0.39, 0.29) is 17.6 Å². The van der Waals surface area contributed by atoms with Gasteiger partial charge in [0.15, 0.2) is 5.82 Å². The molecule has 0 saturated heterocycles. The Kier molecular flexibility index (Phi) is 2.70. The Morgan fingerprint density at radius 1 is 1.22 bits per heavy atom. The van der Waals surface area contributed by atoms with Gasteiger partial charge in [0.1, 0.15) is 5.83 Å². The van der Waals surface area contributed by atoms with E-state index in [4.69, 9.17) is 0 Å². The zero-order chi connectivity index (χ0) is 12.5. The number of hydrogen-bond donors (Lipinski definition) is 0. The van der Waals surface area contributed by atoms with Crippen LogP contribution >= 0.6 is 0 Å². The fourth-order valence-electron chi connectivity index (χ4n) is 2.37. The first-order chi connectivity index (χ1) is 8.77. The smallest absolute Gasteiger partial charge is 0.259 e. The molecular formula is C14H13FN2O. The van der Waals surface area contributed by atoms with Gasteiger partial charge in [0.25, 0.3) is 5.91 Å². The first-order valence-electron chi connectivity index (χ1n) is 6.08. The highest BCUT2D eigenvalue weighted by molar-refractivity contribution is 5.98. The largest absolute Gasteiger partial charge is 0.290 e. The zero-order valence-electron chi connectivity index (χ0n) is 9.90. The minimum atomic E-state index is -0.287. The van der Waals surface area contributed by atoms with E-state index < -0.39 is 0 Å². The molecule has 1 aromatic rings. The van der Waals surface area contributed by atoms with Crippen molar-refractivity contribution in [1.29, 1.82) is 0 Å². The standard InChI is InChI=1S/C14H13FN2O/c15-12-6-3-8-16-13(12)17-9-7-10-4-1-2-5-11(10)14(17)18/h1-2,4-5,8H,3,6-7,9H2. The number of fused-ring (bicyclic) bond motifs is 1. The molecule has 0 spiro atoms. The second-order valence-electron chi connectivity index (χ2n) is 4.44. The summed E-state index contributed by atoms with van der Waals surface area (Å²) >= 11 is 0. The summed E-state index contributed by atoms with van der Waals surface area (Å²) in [6.45, 7) is 0.496. The van der Waals surface area contributed by atoms with Crippen LogP contribution in [0.1, 0.15) is 28.8 Å². The van der Waals surface area contributed by atoms with Gasteiger partial charge in [-0.1, -0.05) is 18.2 Å². The predicted molar refractivity (Wildman–Crippen MR) is 67.0 cm³/mol. The second-order valence-corrected chi connectivity index (χ2v) is 4.44. The van der Waals surface area contributed by atoms with Crippen molar-refractivity contribution in [2.45, 2.75) is 19.3 Å². The Morgan fingerprint density at radius 3 is 2.89 bits per heavy atom. The fourth-order valence-corrected chi connectivity index (χ4v) is 2.37. The van der Waals surface area contributed by atoms with Crippen molar-refractivity contribution in [2.24, 2.45) is 4.99 Å². The average molecular weight is 244 g/mol. The number of amides is 1. The SMILES string of the molecule is O=C1c2ccccc2CCN1C1=C(F)CCC=N1. The predicted octanol–water partition coefficient (Wildman–Crippen LogP) is 2.69. The van der Waals surface area contributed by atoms with E-state index in [0.29, 0.717) is 24.9 Å². The van der Waals surface area contributed by atoms with Gasteiger partial charge in [-0.05, 0) is 24.5 Å². The molecular weight excluding hydrogens is 231 g/mol. The van der Waals surface area contributed by atoms with E-state index >= 15 is 0 Å². The molecule has 92 valence electrons. The monoisotopic (exact) mass is 244 g/mol. The van der Waals surface area contributed by atoms with Crippen molar-refractivity contribution >= 4 is 12.1 Å². The van der Waals surface area contributed by atoms with Crippen LogP contribution in [0.3, 0.4) is 0 Å². The lowest BCUT2D eigenvalue weighted by atomic mass is 9.99. The average Bonchev–Trinajstić information content (AvgIpc) is 2.41. The first kappa shape index (κ1) is 11.1. The lowest BCUT2D eigenvalue weighted by Gasteiger charge is -2.29. The van der Waals surface area contributed by atoms with Crippen LogP contribution in [0.2, 0.25) is 0 Å². The van der Waals surface area contributed by atoms with E-state index in [1.54, 1.807) is 12.3 Å². The summed E-state index contributed by atoms with van der Waals surface area (Å²) < 4.78 is 13.8. The van der Waals surface area contributed by atoms with Gasteiger partial charge in [-0.2, -0.15) is 0 Å². The van der Waals surface area contributed by atoms with Crippen molar-refractivity contribution in [3.63, 3.8) is 0 Å². The summed E-state index contributed by atoms with van der Waals surface area (Å²) in [5.41, 5.74) is 1.68. The van der Waals surface area contributed by atoms with Crippen molar-refractivity contribution in [3.8, 4) is 0 Å². The number of hydrogen-bond acceptors (Lipinski definition) is 2. The molecule has 3 rings (SSSR count). The highest BCUT2D eigenvalue weighted by Gasteiger charge is 2.28. The van der Waals surface area contributed by atoms with Crippen LogP contribution in [-0.4, -0.2) is 23.6 Å². The molecule has 2 aliphatic rings. The number of aliphatic imine (C=N–C) groups is 1. The molecule has 0 saturated carbocycles. The molecule has 4 heteroatoms. The normalized spacial score (nSPS) is 19.2. The molecule has 2 heterocycles. The molecule has 0 fully saturated rings. The van der Waals surface area contributed by atoms with Gasteiger partial charge in [-0.15, -0.1) is 0 Å². The number of halogens is 1. The molecule has 0 bridgehead atoms. The molecule has 3 nitrogen and oxygen atoms in total. The molecule has 0 aliphatic carbocycles. The molecule has 0 radical (unpaired) electrons. The van der Waals surface area contributed by atoms with E-state index in [0.717, 1.165) is 12.0 Å². The number of allylic oxidation sites excluding steroid dienone is 1. The van der Waals surface area contributed by atoms with Crippen molar-refractivity contribution in [2.75, 3.05) is 6.54 Å². The molecule has 0 N–H and O–H groups in total. The lowest BCUT2D eigenvalue weighted by Crippen LogP contribution is -2.37. The quantitative estimate of drug-likeness (QED) is 0.747. The third-order valence-electron chi connectivity index (χ3n) is 3.30. The van der Waals surface area contributed by atoms with E-state index in [9.17, 15) is 9.18 Å². The van der Waals surface area contributed by atoms with Gasteiger partial charge in [0.05, 0.1) is 0 Å². The number of benzene rings is 1. The summed E-state index contributed by atoms with van der Waals surface area (Å²) in [7, 11) is 0. The third-order valence-corrected chi connectivity index (χ3v) is 3.30. The Morgan fingerprint density at radius 2 is 2.06 bits per heavy atom. The van der Waals surface area contributed by atoms with Gasteiger partial charge in [-0.3, -0.25) is 9.69 Å². The summed E-state index contributed by atoms with van der Waals surface area (Å²) in [4.78, 5) is 17.8. The van der Waals surface area contributed by atoms with Crippen LogP contribution in [-0.2, 0) is 6.42 Å². The number of carbonyl (C=O) groups is 1. The van der Waals surface area contributed by atoms with Gasteiger partial charge >= 0.3 is 0 Å². The second kappa shape index (κ2) is 4.37. The number of rotatable bonds is 1. The van der Waals surface area contributed by atoms with Crippen molar-refractivity contribution in [1.82, 2.24) is 4.90 Å². The van der Waals surface area contributed by atoms with Gasteiger partial charge in [0.2, 0.25) is 0 Å². The highest BCUT2D eigenvalue weighted by Crippen LogP contribution is 2.27. The number of nitrogens with zero attached hydrogens (tertiary/aromatic N) is 2. The van der Waals surface area contributed by atoms with Crippen LogP contribution in [0, 0.1) is 0 Å².